The maximum absolute atomic E-state index is 12.0. The van der Waals surface area contributed by atoms with Crippen molar-refractivity contribution in [2.24, 2.45) is 0 Å². The van der Waals surface area contributed by atoms with Gasteiger partial charge in [-0.2, -0.15) is 0 Å². The normalized spacial score (nSPS) is 10.2. The van der Waals surface area contributed by atoms with Gasteiger partial charge in [0.2, 0.25) is 0 Å². The van der Waals surface area contributed by atoms with Crippen LogP contribution < -0.4 is 14.8 Å². The lowest BCUT2D eigenvalue weighted by molar-refractivity contribution is -0.149. The maximum Gasteiger partial charge on any atom is 0.344 e. The average Bonchev–Trinajstić information content (AvgIpc) is 2.62. The van der Waals surface area contributed by atoms with Crippen LogP contribution in [0.4, 0.5) is 5.69 Å². The Morgan fingerprint density at radius 2 is 1.63 bits per heavy atom. The number of benzene rings is 2. The van der Waals surface area contributed by atoms with E-state index in [9.17, 15) is 9.59 Å². The van der Waals surface area contributed by atoms with Crippen molar-refractivity contribution in [3.05, 3.63) is 52.5 Å². The minimum atomic E-state index is -0.647. The van der Waals surface area contributed by atoms with Gasteiger partial charge >= 0.3 is 5.97 Å². The Kier molecular flexibility index (Phi) is 7.49. The largest absolute Gasteiger partial charge is 0.494 e. The summed E-state index contributed by atoms with van der Waals surface area (Å²) in [5, 5.41) is 3.09. The van der Waals surface area contributed by atoms with Gasteiger partial charge in [-0.15, -0.1) is 0 Å². The van der Waals surface area contributed by atoms with E-state index in [4.69, 9.17) is 25.8 Å². The van der Waals surface area contributed by atoms with Crippen LogP contribution >= 0.6 is 11.6 Å². The van der Waals surface area contributed by atoms with E-state index >= 15 is 0 Å². The monoisotopic (exact) mass is 391 g/mol. The lowest BCUT2D eigenvalue weighted by Gasteiger charge is -2.12. The first kappa shape index (κ1) is 20.6. The number of rotatable bonds is 8. The van der Waals surface area contributed by atoms with Gasteiger partial charge in [0.25, 0.3) is 5.91 Å². The van der Waals surface area contributed by atoms with Crippen LogP contribution in [0, 0.1) is 13.8 Å². The van der Waals surface area contributed by atoms with Gasteiger partial charge in [0.15, 0.2) is 13.2 Å². The van der Waals surface area contributed by atoms with Gasteiger partial charge in [-0.05, 0) is 62.2 Å². The van der Waals surface area contributed by atoms with E-state index < -0.39 is 18.5 Å². The number of halogens is 1. The molecule has 0 fully saturated rings. The first-order chi connectivity index (χ1) is 12.9. The van der Waals surface area contributed by atoms with Gasteiger partial charge in [0, 0.05) is 0 Å². The van der Waals surface area contributed by atoms with Crippen LogP contribution in [0.5, 0.6) is 11.5 Å². The van der Waals surface area contributed by atoms with E-state index in [1.54, 1.807) is 30.3 Å². The Bertz CT molecular complexity index is 782. The van der Waals surface area contributed by atoms with Crippen LogP contribution in [0.3, 0.4) is 0 Å². The fourth-order valence-electron chi connectivity index (χ4n) is 2.38. The summed E-state index contributed by atoms with van der Waals surface area (Å²) in [7, 11) is 0. The molecule has 0 bridgehead atoms. The quantitative estimate of drug-likeness (QED) is 0.690. The van der Waals surface area contributed by atoms with Crippen molar-refractivity contribution in [3.8, 4) is 11.5 Å². The van der Waals surface area contributed by atoms with Crippen LogP contribution in [-0.4, -0.2) is 31.7 Å². The van der Waals surface area contributed by atoms with Gasteiger partial charge < -0.3 is 19.5 Å². The second-order valence-electron chi connectivity index (χ2n) is 5.84. The highest BCUT2D eigenvalue weighted by atomic mass is 35.5. The Hall–Kier alpha value is -2.73. The summed E-state index contributed by atoms with van der Waals surface area (Å²) in [6, 6.07) is 10.5. The van der Waals surface area contributed by atoms with E-state index in [1.807, 2.05) is 26.8 Å². The van der Waals surface area contributed by atoms with Gasteiger partial charge in [-0.3, -0.25) is 4.79 Å². The second kappa shape index (κ2) is 9.83. The van der Waals surface area contributed by atoms with E-state index in [1.165, 1.54) is 0 Å². The third-order valence-electron chi connectivity index (χ3n) is 3.55. The van der Waals surface area contributed by atoms with Crippen molar-refractivity contribution in [3.63, 3.8) is 0 Å². The molecule has 0 heterocycles. The molecule has 144 valence electrons. The number of carbonyl (C=O) groups is 2. The highest BCUT2D eigenvalue weighted by molar-refractivity contribution is 6.34. The SMILES string of the molecule is CCOc1ccc(OCC(=O)OCC(=O)Nc2c(C)cc(C)cc2Cl)cc1. The van der Waals surface area contributed by atoms with E-state index in [0.29, 0.717) is 28.8 Å². The number of hydrogen-bond acceptors (Lipinski definition) is 5. The maximum atomic E-state index is 12.0. The Labute approximate surface area is 163 Å². The summed E-state index contributed by atoms with van der Waals surface area (Å²) in [4.78, 5) is 23.7. The summed E-state index contributed by atoms with van der Waals surface area (Å²) >= 11 is 6.14. The Balaban J connectivity index is 1.77. The molecular formula is C20H22ClNO5. The lowest BCUT2D eigenvalue weighted by Crippen LogP contribution is -2.24. The molecule has 0 saturated carbocycles. The molecule has 0 radical (unpaired) electrons. The zero-order valence-electron chi connectivity index (χ0n) is 15.5. The highest BCUT2D eigenvalue weighted by Gasteiger charge is 2.12. The van der Waals surface area contributed by atoms with Crippen LogP contribution in [0.1, 0.15) is 18.1 Å². The first-order valence-electron chi connectivity index (χ1n) is 8.47. The van der Waals surface area contributed by atoms with E-state index in [2.05, 4.69) is 5.32 Å². The minimum Gasteiger partial charge on any atom is -0.494 e. The predicted octanol–water partition coefficient (Wildman–Crippen LogP) is 3.92. The third kappa shape index (κ3) is 6.49. The average molecular weight is 392 g/mol. The molecule has 0 atom stereocenters. The predicted molar refractivity (Wildman–Crippen MR) is 104 cm³/mol. The molecule has 27 heavy (non-hydrogen) atoms. The number of amides is 1. The molecular weight excluding hydrogens is 370 g/mol. The first-order valence-corrected chi connectivity index (χ1v) is 8.84. The number of hydrogen-bond donors (Lipinski definition) is 1. The van der Waals surface area contributed by atoms with Crippen LogP contribution in [0.25, 0.3) is 0 Å². The molecule has 0 saturated heterocycles. The van der Waals surface area contributed by atoms with Crippen molar-refractivity contribution in [2.75, 3.05) is 25.1 Å². The number of esters is 1. The molecule has 0 aromatic heterocycles. The van der Waals surface area contributed by atoms with Gasteiger partial charge in [-0.25, -0.2) is 4.79 Å². The minimum absolute atomic E-state index is 0.300. The summed E-state index contributed by atoms with van der Waals surface area (Å²) < 4.78 is 15.6. The van der Waals surface area contributed by atoms with Gasteiger partial charge in [-0.1, -0.05) is 17.7 Å². The Morgan fingerprint density at radius 1 is 1.00 bits per heavy atom. The molecule has 0 unspecified atom stereocenters. The molecule has 1 amide bonds. The topological polar surface area (TPSA) is 73.9 Å². The fourth-order valence-corrected chi connectivity index (χ4v) is 2.75. The van der Waals surface area contributed by atoms with Crippen molar-refractivity contribution >= 4 is 29.2 Å². The lowest BCUT2D eigenvalue weighted by atomic mass is 10.1. The fraction of sp³-hybridized carbons (Fsp3) is 0.300. The molecule has 0 aliphatic carbocycles. The molecule has 0 spiro atoms. The zero-order chi connectivity index (χ0) is 19.8. The van der Waals surface area contributed by atoms with Crippen LogP contribution in [-0.2, 0) is 14.3 Å². The van der Waals surface area contributed by atoms with Crippen molar-refractivity contribution < 1.29 is 23.8 Å². The second-order valence-corrected chi connectivity index (χ2v) is 6.25. The van der Waals surface area contributed by atoms with Crippen molar-refractivity contribution in [1.29, 1.82) is 0 Å². The molecule has 2 aromatic carbocycles. The number of ether oxygens (including phenoxy) is 3. The zero-order valence-corrected chi connectivity index (χ0v) is 16.3. The third-order valence-corrected chi connectivity index (χ3v) is 3.85. The highest BCUT2D eigenvalue weighted by Crippen LogP contribution is 2.27. The van der Waals surface area contributed by atoms with Crippen LogP contribution in [0.15, 0.2) is 36.4 Å². The van der Waals surface area contributed by atoms with Crippen molar-refractivity contribution in [2.45, 2.75) is 20.8 Å². The number of anilines is 1. The standard InChI is InChI=1S/C20H22ClNO5/c1-4-25-15-5-7-16(8-6-15)26-12-19(24)27-11-18(23)22-20-14(3)9-13(2)10-17(20)21/h5-10H,4,11-12H2,1-3H3,(H,22,23). The van der Waals surface area contributed by atoms with Crippen LogP contribution in [0.2, 0.25) is 5.02 Å². The van der Waals surface area contributed by atoms with E-state index in [0.717, 1.165) is 11.1 Å². The summed E-state index contributed by atoms with van der Waals surface area (Å²) in [5.41, 5.74) is 2.33. The smallest absolute Gasteiger partial charge is 0.344 e. The molecule has 2 rings (SSSR count). The molecule has 1 N–H and O–H groups in total. The van der Waals surface area contributed by atoms with E-state index in [-0.39, 0.29) is 6.61 Å². The van der Waals surface area contributed by atoms with Gasteiger partial charge in [0.05, 0.1) is 17.3 Å². The summed E-state index contributed by atoms with van der Waals surface area (Å²) in [6.45, 7) is 5.50. The summed E-state index contributed by atoms with van der Waals surface area (Å²) in [5.74, 6) is 0.0973. The molecule has 2 aromatic rings. The molecule has 6 nitrogen and oxygen atoms in total. The number of carbonyl (C=O) groups excluding carboxylic acids is 2. The molecule has 7 heteroatoms. The summed E-state index contributed by atoms with van der Waals surface area (Å²) in [6.07, 6.45) is 0. The molecule has 0 aliphatic rings. The van der Waals surface area contributed by atoms with Crippen molar-refractivity contribution in [1.82, 2.24) is 0 Å². The van der Waals surface area contributed by atoms with Gasteiger partial charge in [0.1, 0.15) is 11.5 Å². The molecule has 0 aliphatic heterocycles. The number of nitrogens with one attached hydrogen (secondary N) is 1. The number of aryl methyl sites for hydroxylation is 2. The Morgan fingerprint density at radius 3 is 2.22 bits per heavy atom.